The molecule has 0 spiro atoms. The maximum atomic E-state index is 13.5. The van der Waals surface area contributed by atoms with Crippen molar-refractivity contribution in [3.05, 3.63) is 71.4 Å². The lowest BCUT2D eigenvalue weighted by Gasteiger charge is -2.29. The number of rotatable bonds is 6. The van der Waals surface area contributed by atoms with E-state index in [2.05, 4.69) is 10.5 Å². The van der Waals surface area contributed by atoms with Gasteiger partial charge in [-0.1, -0.05) is 41.0 Å². The van der Waals surface area contributed by atoms with E-state index < -0.39 is 16.1 Å². The molecule has 2 heterocycles. The minimum absolute atomic E-state index is 0.0692. The molecule has 1 N–H and O–H groups in total. The minimum atomic E-state index is -3.93. The van der Waals surface area contributed by atoms with Gasteiger partial charge < -0.3 is 9.84 Å². The summed E-state index contributed by atoms with van der Waals surface area (Å²) in [5.41, 5.74) is 1.60. The van der Waals surface area contributed by atoms with Crippen LogP contribution in [0.3, 0.4) is 0 Å². The summed E-state index contributed by atoms with van der Waals surface area (Å²) in [4.78, 5) is 12.8. The summed E-state index contributed by atoms with van der Waals surface area (Å²) in [6, 6.07) is 14.3. The molecular formula is C22H22ClN3O4S. The summed E-state index contributed by atoms with van der Waals surface area (Å²) in [7, 11) is -3.93. The highest BCUT2D eigenvalue weighted by Gasteiger charge is 2.36. The van der Waals surface area contributed by atoms with Crippen molar-refractivity contribution in [2.24, 2.45) is 0 Å². The monoisotopic (exact) mass is 459 g/mol. The zero-order chi connectivity index (χ0) is 21.8. The van der Waals surface area contributed by atoms with Crippen molar-refractivity contribution in [1.82, 2.24) is 14.8 Å². The standard InChI is InChI=1S/C22H22ClN3O4S/c23-18-8-10-19(11-9-18)31(28,29)26(20-3-1-2-13-24-22(20)27)15-16-4-6-17(7-5-16)21-12-14-25-30-21/h4-12,14,20H,1-3,13,15H2,(H,24,27). The maximum Gasteiger partial charge on any atom is 0.244 e. The largest absolute Gasteiger partial charge is 0.356 e. The molecule has 4 rings (SSSR count). The first kappa shape index (κ1) is 21.5. The van der Waals surface area contributed by atoms with Gasteiger partial charge in [-0.2, -0.15) is 4.31 Å². The molecule has 2 aromatic carbocycles. The normalized spacial score (nSPS) is 17.4. The first-order valence-corrected chi connectivity index (χ1v) is 11.8. The number of hydrogen-bond donors (Lipinski definition) is 1. The van der Waals surface area contributed by atoms with Gasteiger partial charge in [0, 0.05) is 29.7 Å². The number of nitrogens with zero attached hydrogens (tertiary/aromatic N) is 2. The maximum absolute atomic E-state index is 13.5. The van der Waals surface area contributed by atoms with E-state index in [1.165, 1.54) is 28.6 Å². The second-order valence-electron chi connectivity index (χ2n) is 7.38. The smallest absolute Gasteiger partial charge is 0.244 e. The Kier molecular flexibility index (Phi) is 6.41. The summed E-state index contributed by atoms with van der Waals surface area (Å²) in [6.07, 6.45) is 3.62. The molecular weight excluding hydrogens is 438 g/mol. The number of hydrogen-bond acceptors (Lipinski definition) is 5. The van der Waals surface area contributed by atoms with Gasteiger partial charge >= 0.3 is 0 Å². The number of benzene rings is 2. The quantitative estimate of drug-likeness (QED) is 0.604. The van der Waals surface area contributed by atoms with Crippen LogP contribution in [0.4, 0.5) is 0 Å². The third-order valence-electron chi connectivity index (χ3n) is 5.29. The van der Waals surface area contributed by atoms with Crippen LogP contribution in [0.1, 0.15) is 24.8 Å². The lowest BCUT2D eigenvalue weighted by atomic mass is 10.1. The van der Waals surface area contributed by atoms with Gasteiger partial charge in [0.15, 0.2) is 5.76 Å². The number of carbonyl (C=O) groups is 1. The fourth-order valence-corrected chi connectivity index (χ4v) is 5.35. The predicted octanol–water partition coefficient (Wildman–Crippen LogP) is 3.85. The van der Waals surface area contributed by atoms with Gasteiger partial charge in [0.1, 0.15) is 6.04 Å². The van der Waals surface area contributed by atoms with E-state index >= 15 is 0 Å². The third kappa shape index (κ3) is 4.81. The molecule has 1 aliphatic heterocycles. The van der Waals surface area contributed by atoms with Gasteiger partial charge in [-0.05, 0) is 49.1 Å². The van der Waals surface area contributed by atoms with Crippen molar-refractivity contribution in [2.75, 3.05) is 6.54 Å². The Balaban J connectivity index is 1.68. The van der Waals surface area contributed by atoms with Crippen LogP contribution in [-0.2, 0) is 21.4 Å². The third-order valence-corrected chi connectivity index (χ3v) is 7.41. The van der Waals surface area contributed by atoms with Gasteiger partial charge in [0.25, 0.3) is 0 Å². The molecule has 162 valence electrons. The number of sulfonamides is 1. The molecule has 0 saturated carbocycles. The fourth-order valence-electron chi connectivity index (χ4n) is 3.62. The van der Waals surface area contributed by atoms with Crippen molar-refractivity contribution < 1.29 is 17.7 Å². The molecule has 7 nitrogen and oxygen atoms in total. The van der Waals surface area contributed by atoms with Crippen LogP contribution in [-0.4, -0.2) is 36.4 Å². The predicted molar refractivity (Wildman–Crippen MR) is 117 cm³/mol. The summed E-state index contributed by atoms with van der Waals surface area (Å²) in [5, 5.41) is 6.98. The molecule has 1 atom stereocenters. The van der Waals surface area contributed by atoms with Crippen LogP contribution < -0.4 is 5.32 Å². The molecule has 1 unspecified atom stereocenters. The van der Waals surface area contributed by atoms with Crippen molar-refractivity contribution in [3.8, 4) is 11.3 Å². The lowest BCUT2D eigenvalue weighted by molar-refractivity contribution is -0.124. The summed E-state index contributed by atoms with van der Waals surface area (Å²) >= 11 is 5.94. The molecule has 1 aromatic heterocycles. The molecule has 1 amide bonds. The number of carbonyl (C=O) groups excluding carboxylic acids is 1. The minimum Gasteiger partial charge on any atom is -0.356 e. The van der Waals surface area contributed by atoms with E-state index in [4.69, 9.17) is 16.1 Å². The first-order chi connectivity index (χ1) is 14.9. The molecule has 1 aliphatic rings. The van der Waals surface area contributed by atoms with E-state index in [1.54, 1.807) is 12.3 Å². The van der Waals surface area contributed by atoms with E-state index in [1.807, 2.05) is 24.3 Å². The number of nitrogens with one attached hydrogen (secondary N) is 1. The molecule has 0 radical (unpaired) electrons. The second-order valence-corrected chi connectivity index (χ2v) is 9.71. The molecule has 3 aromatic rings. The van der Waals surface area contributed by atoms with Gasteiger partial charge in [-0.25, -0.2) is 8.42 Å². The van der Waals surface area contributed by atoms with Gasteiger partial charge in [-0.15, -0.1) is 0 Å². The van der Waals surface area contributed by atoms with Gasteiger partial charge in [0.2, 0.25) is 15.9 Å². The highest BCUT2D eigenvalue weighted by molar-refractivity contribution is 7.89. The average Bonchev–Trinajstić information content (AvgIpc) is 3.22. The molecule has 0 aliphatic carbocycles. The van der Waals surface area contributed by atoms with Crippen LogP contribution in [0, 0.1) is 0 Å². The van der Waals surface area contributed by atoms with Crippen LogP contribution in [0.15, 0.2) is 70.2 Å². The number of amides is 1. The number of halogens is 1. The SMILES string of the molecule is O=C1NCCCCC1N(Cc1ccc(-c2ccno2)cc1)S(=O)(=O)c1ccc(Cl)cc1. The molecule has 1 saturated heterocycles. The Morgan fingerprint density at radius 2 is 1.81 bits per heavy atom. The molecule has 0 bridgehead atoms. The fraction of sp³-hybridized carbons (Fsp3) is 0.273. The van der Waals surface area contributed by atoms with Crippen molar-refractivity contribution in [1.29, 1.82) is 0 Å². The zero-order valence-electron chi connectivity index (χ0n) is 16.7. The van der Waals surface area contributed by atoms with Crippen LogP contribution in [0.5, 0.6) is 0 Å². The number of aromatic nitrogens is 1. The Hall–Kier alpha value is -2.68. The Bertz CT molecular complexity index is 1130. The Morgan fingerprint density at radius 1 is 1.06 bits per heavy atom. The van der Waals surface area contributed by atoms with Crippen LogP contribution >= 0.6 is 11.6 Å². The van der Waals surface area contributed by atoms with Gasteiger partial charge in [0.05, 0.1) is 11.1 Å². The summed E-state index contributed by atoms with van der Waals surface area (Å²) < 4.78 is 33.5. The second kappa shape index (κ2) is 9.21. The summed E-state index contributed by atoms with van der Waals surface area (Å²) in [6.45, 7) is 0.621. The average molecular weight is 460 g/mol. The molecule has 1 fully saturated rings. The Morgan fingerprint density at radius 3 is 2.48 bits per heavy atom. The van der Waals surface area contributed by atoms with Crippen molar-refractivity contribution in [2.45, 2.75) is 36.7 Å². The van der Waals surface area contributed by atoms with E-state index in [-0.39, 0.29) is 17.3 Å². The van der Waals surface area contributed by atoms with Crippen LogP contribution in [0.25, 0.3) is 11.3 Å². The molecule has 31 heavy (non-hydrogen) atoms. The highest BCUT2D eigenvalue weighted by Crippen LogP contribution is 2.27. The van der Waals surface area contributed by atoms with E-state index in [0.29, 0.717) is 23.7 Å². The first-order valence-electron chi connectivity index (χ1n) is 10.0. The van der Waals surface area contributed by atoms with E-state index in [9.17, 15) is 13.2 Å². The van der Waals surface area contributed by atoms with Gasteiger partial charge in [-0.3, -0.25) is 4.79 Å². The molecule has 9 heteroatoms. The lowest BCUT2D eigenvalue weighted by Crippen LogP contribution is -2.48. The van der Waals surface area contributed by atoms with E-state index in [0.717, 1.165) is 24.0 Å². The summed E-state index contributed by atoms with van der Waals surface area (Å²) in [5.74, 6) is 0.355. The Labute approximate surface area is 186 Å². The topological polar surface area (TPSA) is 92.5 Å². The van der Waals surface area contributed by atoms with Crippen molar-refractivity contribution >= 4 is 27.5 Å². The van der Waals surface area contributed by atoms with Crippen molar-refractivity contribution in [3.63, 3.8) is 0 Å². The van der Waals surface area contributed by atoms with Crippen LogP contribution in [0.2, 0.25) is 5.02 Å². The highest BCUT2D eigenvalue weighted by atomic mass is 35.5. The zero-order valence-corrected chi connectivity index (χ0v) is 18.3.